The quantitative estimate of drug-likeness (QED) is 0.861. The minimum atomic E-state index is -3.54. The van der Waals surface area contributed by atoms with Crippen molar-refractivity contribution in [2.75, 3.05) is 26.7 Å². The maximum atomic E-state index is 12.4. The molecule has 21 heavy (non-hydrogen) atoms. The molecule has 0 bridgehead atoms. The number of ether oxygens (including phenoxy) is 1. The average Bonchev–Trinajstić information content (AvgIpc) is 2.46. The molecule has 0 spiro atoms. The summed E-state index contributed by atoms with van der Waals surface area (Å²) in [4.78, 5) is 0.194. The van der Waals surface area contributed by atoms with Crippen molar-refractivity contribution in [2.24, 2.45) is 5.41 Å². The van der Waals surface area contributed by atoms with Crippen molar-refractivity contribution in [3.8, 4) is 5.75 Å². The first-order chi connectivity index (χ1) is 9.47. The van der Waals surface area contributed by atoms with Crippen molar-refractivity contribution in [2.45, 2.75) is 24.7 Å². The summed E-state index contributed by atoms with van der Waals surface area (Å²) in [6.45, 7) is 4.45. The van der Waals surface area contributed by atoms with Crippen molar-refractivity contribution >= 4 is 22.4 Å². The fourth-order valence-electron chi connectivity index (χ4n) is 2.39. The highest BCUT2D eigenvalue weighted by Gasteiger charge is 2.29. The van der Waals surface area contributed by atoms with Gasteiger partial charge in [-0.25, -0.2) is 13.1 Å². The Morgan fingerprint density at radius 3 is 2.52 bits per heavy atom. The molecule has 1 aliphatic heterocycles. The molecule has 5 nitrogen and oxygen atoms in total. The van der Waals surface area contributed by atoms with Crippen molar-refractivity contribution in [3.05, 3.63) is 24.3 Å². The molecule has 1 aromatic rings. The zero-order chi connectivity index (χ0) is 14.6. The van der Waals surface area contributed by atoms with Crippen LogP contribution in [0.3, 0.4) is 0 Å². The fourth-order valence-corrected chi connectivity index (χ4v) is 3.76. The molecule has 0 aliphatic carbocycles. The van der Waals surface area contributed by atoms with Gasteiger partial charge in [-0.15, -0.1) is 12.4 Å². The van der Waals surface area contributed by atoms with E-state index in [1.165, 1.54) is 7.11 Å². The second kappa shape index (κ2) is 7.45. The van der Waals surface area contributed by atoms with Gasteiger partial charge in [0, 0.05) is 6.54 Å². The van der Waals surface area contributed by atoms with Crippen LogP contribution in [0.2, 0.25) is 0 Å². The zero-order valence-corrected chi connectivity index (χ0v) is 14.0. The largest absolute Gasteiger partial charge is 0.495 e. The van der Waals surface area contributed by atoms with Gasteiger partial charge in [-0.2, -0.15) is 0 Å². The second-order valence-electron chi connectivity index (χ2n) is 5.54. The molecule has 0 radical (unpaired) electrons. The van der Waals surface area contributed by atoms with Crippen LogP contribution in [-0.2, 0) is 10.0 Å². The highest BCUT2D eigenvalue weighted by molar-refractivity contribution is 7.89. The maximum Gasteiger partial charge on any atom is 0.244 e. The molecule has 0 aromatic heterocycles. The number of benzene rings is 1. The van der Waals surface area contributed by atoms with Gasteiger partial charge < -0.3 is 10.1 Å². The number of methoxy groups -OCH3 is 1. The van der Waals surface area contributed by atoms with E-state index in [2.05, 4.69) is 17.0 Å². The maximum absolute atomic E-state index is 12.4. The summed E-state index contributed by atoms with van der Waals surface area (Å²) in [5, 5.41) is 3.29. The Hall–Kier alpha value is -0.820. The van der Waals surface area contributed by atoms with Crippen LogP contribution in [0.5, 0.6) is 5.75 Å². The number of rotatable bonds is 5. The van der Waals surface area contributed by atoms with Crippen LogP contribution < -0.4 is 14.8 Å². The number of piperidine rings is 1. The molecule has 7 heteroatoms. The van der Waals surface area contributed by atoms with Crippen molar-refractivity contribution in [1.82, 2.24) is 10.0 Å². The molecular formula is C14H23ClN2O3S. The predicted octanol–water partition coefficient (Wildman–Crippen LogP) is 1.78. The number of hydrogen-bond acceptors (Lipinski definition) is 4. The first-order valence-electron chi connectivity index (χ1n) is 6.80. The molecule has 0 atom stereocenters. The Kier molecular flexibility index (Phi) is 6.46. The molecule has 1 saturated heterocycles. The summed E-state index contributed by atoms with van der Waals surface area (Å²) in [6, 6.07) is 6.67. The van der Waals surface area contributed by atoms with Gasteiger partial charge in [-0.05, 0) is 43.5 Å². The van der Waals surface area contributed by atoms with E-state index >= 15 is 0 Å². The van der Waals surface area contributed by atoms with Crippen molar-refractivity contribution < 1.29 is 13.2 Å². The molecule has 0 amide bonds. The van der Waals surface area contributed by atoms with Gasteiger partial charge in [0.1, 0.15) is 10.6 Å². The summed E-state index contributed by atoms with van der Waals surface area (Å²) in [7, 11) is -2.06. The number of para-hydroxylation sites is 1. The number of sulfonamides is 1. The Labute approximate surface area is 132 Å². The Balaban J connectivity index is 0.00000220. The lowest BCUT2D eigenvalue weighted by Crippen LogP contribution is -2.42. The lowest BCUT2D eigenvalue weighted by atomic mass is 9.81. The SMILES string of the molecule is COc1ccccc1S(=O)(=O)NCC1(C)CCNCC1.Cl. The van der Waals surface area contributed by atoms with Crippen LogP contribution in [0.25, 0.3) is 0 Å². The summed E-state index contributed by atoms with van der Waals surface area (Å²) in [5.41, 5.74) is 0.0142. The fraction of sp³-hybridized carbons (Fsp3) is 0.571. The topological polar surface area (TPSA) is 67.4 Å². The van der Waals surface area contributed by atoms with Gasteiger partial charge >= 0.3 is 0 Å². The van der Waals surface area contributed by atoms with Crippen molar-refractivity contribution in [3.63, 3.8) is 0 Å². The average molecular weight is 335 g/mol. The van der Waals surface area contributed by atoms with E-state index in [-0.39, 0.29) is 22.7 Å². The van der Waals surface area contributed by atoms with Gasteiger partial charge in [-0.3, -0.25) is 0 Å². The highest BCUT2D eigenvalue weighted by atomic mass is 35.5. The molecule has 1 aromatic carbocycles. The Bertz CT molecular complexity index is 557. The van der Waals surface area contributed by atoms with Crippen LogP contribution in [0.4, 0.5) is 0 Å². The van der Waals surface area contributed by atoms with E-state index in [4.69, 9.17) is 4.74 Å². The summed E-state index contributed by atoms with van der Waals surface area (Å²) in [5.74, 6) is 0.371. The van der Waals surface area contributed by atoms with Crippen LogP contribution in [0, 0.1) is 5.41 Å². The van der Waals surface area contributed by atoms with E-state index in [9.17, 15) is 8.42 Å². The third kappa shape index (κ3) is 4.57. The van der Waals surface area contributed by atoms with E-state index in [1.54, 1.807) is 24.3 Å². The monoisotopic (exact) mass is 334 g/mol. The van der Waals surface area contributed by atoms with Gasteiger partial charge in [0.05, 0.1) is 7.11 Å². The molecule has 0 saturated carbocycles. The van der Waals surface area contributed by atoms with Crippen LogP contribution in [0.15, 0.2) is 29.2 Å². The molecule has 1 fully saturated rings. The van der Waals surface area contributed by atoms with E-state index in [0.29, 0.717) is 12.3 Å². The predicted molar refractivity (Wildman–Crippen MR) is 85.6 cm³/mol. The molecule has 2 N–H and O–H groups in total. The third-order valence-corrected chi connectivity index (χ3v) is 5.30. The van der Waals surface area contributed by atoms with Crippen molar-refractivity contribution in [1.29, 1.82) is 0 Å². The normalized spacial score (nSPS) is 17.8. The molecule has 120 valence electrons. The highest BCUT2D eigenvalue weighted by Crippen LogP contribution is 2.28. The van der Waals surface area contributed by atoms with E-state index < -0.39 is 10.0 Å². The number of hydrogen-bond donors (Lipinski definition) is 2. The Morgan fingerprint density at radius 1 is 1.29 bits per heavy atom. The van der Waals surface area contributed by atoms with Crippen LogP contribution >= 0.6 is 12.4 Å². The molecule has 0 unspecified atom stereocenters. The summed E-state index contributed by atoms with van der Waals surface area (Å²) < 4.78 is 32.6. The molecular weight excluding hydrogens is 312 g/mol. The third-order valence-electron chi connectivity index (χ3n) is 3.86. The molecule has 1 aliphatic rings. The lowest BCUT2D eigenvalue weighted by molar-refractivity contribution is 0.232. The minimum Gasteiger partial charge on any atom is -0.495 e. The molecule has 2 rings (SSSR count). The number of halogens is 1. The van der Waals surface area contributed by atoms with Gasteiger partial charge in [-0.1, -0.05) is 19.1 Å². The summed E-state index contributed by atoms with van der Waals surface area (Å²) in [6.07, 6.45) is 1.95. The first-order valence-corrected chi connectivity index (χ1v) is 8.29. The van der Waals surface area contributed by atoms with Gasteiger partial charge in [0.15, 0.2) is 0 Å². The minimum absolute atomic E-state index is 0. The summed E-state index contributed by atoms with van der Waals surface area (Å²) >= 11 is 0. The smallest absolute Gasteiger partial charge is 0.244 e. The lowest BCUT2D eigenvalue weighted by Gasteiger charge is -2.34. The Morgan fingerprint density at radius 2 is 1.90 bits per heavy atom. The number of nitrogens with one attached hydrogen (secondary N) is 2. The molecule has 1 heterocycles. The van der Waals surface area contributed by atoms with Crippen LogP contribution in [-0.4, -0.2) is 35.2 Å². The van der Waals surface area contributed by atoms with E-state index in [1.807, 2.05) is 0 Å². The van der Waals surface area contributed by atoms with E-state index in [0.717, 1.165) is 25.9 Å². The second-order valence-corrected chi connectivity index (χ2v) is 7.27. The standard InChI is InChI=1S/C14H22N2O3S.ClH/c1-14(7-9-15-10-8-14)11-16-20(17,18)13-6-4-3-5-12(13)19-2;/h3-6,15-16H,7-11H2,1-2H3;1H. The van der Waals surface area contributed by atoms with Gasteiger partial charge in [0.2, 0.25) is 10.0 Å². The van der Waals surface area contributed by atoms with Crippen LogP contribution in [0.1, 0.15) is 19.8 Å². The first kappa shape index (κ1) is 18.2. The van der Waals surface area contributed by atoms with Gasteiger partial charge in [0.25, 0.3) is 0 Å². The zero-order valence-electron chi connectivity index (χ0n) is 12.4.